The van der Waals surface area contributed by atoms with Crippen LogP contribution in [0, 0.1) is 0 Å². The average molecular weight is 947 g/mol. The Labute approximate surface area is 431 Å². The van der Waals surface area contributed by atoms with Crippen molar-refractivity contribution in [3.05, 3.63) is 179 Å². The molecule has 72 heavy (non-hydrogen) atoms. The smallest absolute Gasteiger partial charge is 0.0541 e. The average Bonchev–Trinajstić information content (AvgIpc) is 3.62. The second kappa shape index (κ2) is 16.6. The summed E-state index contributed by atoms with van der Waals surface area (Å²) in [6.07, 6.45) is 0. The van der Waals surface area contributed by atoms with Crippen molar-refractivity contribution < 1.29 is 0 Å². The van der Waals surface area contributed by atoms with Gasteiger partial charge >= 0.3 is 0 Å². The third-order valence-electron chi connectivity index (χ3n) is 15.6. The Bertz CT molecular complexity index is 3580. The van der Waals surface area contributed by atoms with E-state index < -0.39 is 0 Å². The van der Waals surface area contributed by atoms with Crippen LogP contribution in [0.2, 0.25) is 0 Å². The zero-order chi connectivity index (χ0) is 51.8. The third-order valence-corrected chi connectivity index (χ3v) is 15.6. The predicted octanol–water partition coefficient (Wildman–Crippen LogP) is 20.6. The van der Waals surface area contributed by atoms with Gasteiger partial charge in [-0.15, -0.1) is 0 Å². The minimum Gasteiger partial charge on any atom is -0.310 e. The van der Waals surface area contributed by atoms with Crippen molar-refractivity contribution in [3.8, 4) is 16.8 Å². The summed E-state index contributed by atoms with van der Waals surface area (Å²) >= 11 is 0. The molecule has 2 nitrogen and oxygen atoms in total. The van der Waals surface area contributed by atoms with E-state index in [1.165, 1.54) is 116 Å². The van der Waals surface area contributed by atoms with Crippen LogP contribution in [0.3, 0.4) is 0 Å². The highest BCUT2D eigenvalue weighted by Gasteiger charge is 2.32. The first-order valence-corrected chi connectivity index (χ1v) is 26.5. The van der Waals surface area contributed by atoms with Crippen molar-refractivity contribution in [2.24, 2.45) is 0 Å². The van der Waals surface area contributed by atoms with Gasteiger partial charge in [-0.05, 0) is 159 Å². The lowest BCUT2D eigenvalue weighted by Gasteiger charge is -2.35. The van der Waals surface area contributed by atoms with Crippen LogP contribution in [0.4, 0.5) is 17.1 Å². The van der Waals surface area contributed by atoms with E-state index in [0.717, 1.165) is 5.69 Å². The summed E-state index contributed by atoms with van der Waals surface area (Å²) in [4.78, 5) is 2.54. The van der Waals surface area contributed by atoms with Crippen LogP contribution in [0.5, 0.6) is 0 Å². The number of aromatic nitrogens is 1. The van der Waals surface area contributed by atoms with Crippen molar-refractivity contribution >= 4 is 71.2 Å². The van der Waals surface area contributed by atoms with Crippen LogP contribution in [0.15, 0.2) is 146 Å². The molecule has 0 saturated heterocycles. The summed E-state index contributed by atoms with van der Waals surface area (Å²) in [5.41, 5.74) is 17.7. The van der Waals surface area contributed by atoms with Crippen LogP contribution in [-0.4, -0.2) is 4.57 Å². The van der Waals surface area contributed by atoms with E-state index in [0.29, 0.717) is 0 Å². The molecule has 368 valence electrons. The Balaban J connectivity index is 1.25. The van der Waals surface area contributed by atoms with E-state index >= 15 is 0 Å². The number of nitrogens with zero attached hydrogens (tertiary/aromatic N) is 2. The van der Waals surface area contributed by atoms with E-state index in [2.05, 4.69) is 280 Å². The lowest BCUT2D eigenvalue weighted by molar-refractivity contribution is 0.566. The molecule has 0 atom stereocenters. The number of anilines is 3. The maximum absolute atomic E-state index is 2.54. The number of hydrogen-bond acceptors (Lipinski definition) is 1. The molecule has 0 aliphatic carbocycles. The minimum atomic E-state index is -0.165. The Morgan fingerprint density at radius 2 is 0.778 bits per heavy atom. The van der Waals surface area contributed by atoms with Crippen LogP contribution in [-0.2, 0) is 32.5 Å². The maximum atomic E-state index is 2.54. The third kappa shape index (κ3) is 8.47. The van der Waals surface area contributed by atoms with Gasteiger partial charge < -0.3 is 9.47 Å². The van der Waals surface area contributed by atoms with Crippen molar-refractivity contribution in [3.63, 3.8) is 0 Å². The van der Waals surface area contributed by atoms with Crippen molar-refractivity contribution in [2.75, 3.05) is 4.90 Å². The van der Waals surface area contributed by atoms with Gasteiger partial charge in [0.2, 0.25) is 0 Å². The zero-order valence-electron chi connectivity index (χ0n) is 46.8. The predicted molar refractivity (Wildman–Crippen MR) is 317 cm³/mol. The van der Waals surface area contributed by atoms with Gasteiger partial charge in [0.1, 0.15) is 0 Å². The van der Waals surface area contributed by atoms with Gasteiger partial charge in [-0.3, -0.25) is 0 Å². The maximum Gasteiger partial charge on any atom is 0.0541 e. The van der Waals surface area contributed by atoms with Gasteiger partial charge in [0, 0.05) is 32.9 Å². The second-order valence-corrected chi connectivity index (χ2v) is 27.3. The van der Waals surface area contributed by atoms with Gasteiger partial charge in [-0.1, -0.05) is 210 Å². The highest BCUT2D eigenvalue weighted by atomic mass is 15.1. The van der Waals surface area contributed by atoms with Gasteiger partial charge in [-0.25, -0.2) is 0 Å². The largest absolute Gasteiger partial charge is 0.310 e. The molecular weight excluding hydrogens is 869 g/mol. The summed E-state index contributed by atoms with van der Waals surface area (Å²) in [5, 5.41) is 10.2. The molecule has 1 heterocycles. The summed E-state index contributed by atoms with van der Waals surface area (Å²) in [7, 11) is 0. The summed E-state index contributed by atoms with van der Waals surface area (Å²) in [5.74, 6) is 0. The topological polar surface area (TPSA) is 8.17 Å². The van der Waals surface area contributed by atoms with Crippen LogP contribution in [0.1, 0.15) is 158 Å². The monoisotopic (exact) mass is 947 g/mol. The number of benzene rings is 9. The first-order valence-electron chi connectivity index (χ1n) is 26.5. The molecule has 0 radical (unpaired) electrons. The number of para-hydroxylation sites is 1. The summed E-state index contributed by atoms with van der Waals surface area (Å²) < 4.78 is 2.54. The highest BCUT2D eigenvalue weighted by Crippen LogP contribution is 2.50. The molecule has 0 aliphatic heterocycles. The van der Waals surface area contributed by atoms with E-state index in [1.54, 1.807) is 0 Å². The van der Waals surface area contributed by atoms with E-state index in [1.807, 2.05) is 0 Å². The molecule has 1 aromatic heterocycles. The molecular formula is C70H78N2. The van der Waals surface area contributed by atoms with E-state index in [4.69, 9.17) is 0 Å². The van der Waals surface area contributed by atoms with Crippen LogP contribution >= 0.6 is 0 Å². The molecule has 0 saturated carbocycles. The van der Waals surface area contributed by atoms with Gasteiger partial charge in [-0.2, -0.15) is 0 Å². The van der Waals surface area contributed by atoms with Crippen LogP contribution in [0.25, 0.3) is 70.9 Å². The van der Waals surface area contributed by atoms with Crippen molar-refractivity contribution in [1.82, 2.24) is 4.57 Å². The van der Waals surface area contributed by atoms with Crippen molar-refractivity contribution in [1.29, 1.82) is 0 Å². The molecule has 0 aliphatic rings. The number of rotatable bonds is 5. The van der Waals surface area contributed by atoms with Gasteiger partial charge in [0.25, 0.3) is 0 Å². The van der Waals surface area contributed by atoms with E-state index in [9.17, 15) is 0 Å². The zero-order valence-corrected chi connectivity index (χ0v) is 46.8. The van der Waals surface area contributed by atoms with Crippen LogP contribution < -0.4 is 4.90 Å². The fourth-order valence-corrected chi connectivity index (χ4v) is 11.3. The minimum absolute atomic E-state index is 0.00456. The fourth-order valence-electron chi connectivity index (χ4n) is 11.3. The molecule has 0 spiro atoms. The highest BCUT2D eigenvalue weighted by molar-refractivity contribution is 6.27. The molecule has 0 bridgehead atoms. The molecule has 0 unspecified atom stereocenters. The molecule has 0 N–H and O–H groups in total. The number of fused-ring (bicyclic) bond motifs is 3. The second-order valence-electron chi connectivity index (χ2n) is 27.3. The molecule has 0 fully saturated rings. The molecule has 10 rings (SSSR count). The fraction of sp³-hybridized carbons (Fsp3) is 0.343. The first-order chi connectivity index (χ1) is 33.5. The normalized spacial score (nSPS) is 13.4. The lowest BCUT2D eigenvalue weighted by atomic mass is 9.72. The Kier molecular flexibility index (Phi) is 11.3. The molecule has 9 aromatic carbocycles. The van der Waals surface area contributed by atoms with Gasteiger partial charge in [0.15, 0.2) is 0 Å². The summed E-state index contributed by atoms with van der Waals surface area (Å²) in [6.45, 7) is 42.4. The number of hydrogen-bond donors (Lipinski definition) is 0. The Hall–Kier alpha value is -6.38. The SMILES string of the molecule is CC(C)(C)c1cc(-c2c(C(C)(C)C)cc(N(c3ccccc3)c3ccc4ccc5c(-n6c7ccc(C(C)(C)C)cc7c7cc(C(C)(C)C)ccc76)ccc6ccc3c4c65)cc2C(C)(C)C)cc(C(C)(C)C)c1. The Morgan fingerprint density at radius 3 is 1.25 bits per heavy atom. The standard InChI is InChI=1S/C70H78N2/c1-65(2,3)46-28-34-60-54(39-46)55-40-47(66(4,5)6)29-35-61(55)72(60)59-33-27-44-24-30-52-58(32-26-43-25-31-53(59)63(44)62(43)52)71(50-22-20-19-21-23-50)51-41-56(69(13,14)15)64(57(42-51)70(16,17)18)45-36-48(67(7,8)9)38-49(37-45)68(10,11)12/h19-42H,1-18H3. The lowest BCUT2D eigenvalue weighted by Crippen LogP contribution is -2.22. The summed E-state index contributed by atoms with van der Waals surface area (Å²) in [6, 6.07) is 56.8. The molecule has 0 amide bonds. The Morgan fingerprint density at radius 1 is 0.333 bits per heavy atom. The van der Waals surface area contributed by atoms with Gasteiger partial charge in [0.05, 0.1) is 22.4 Å². The first kappa shape index (κ1) is 49.2. The molecule has 2 heteroatoms. The molecule has 10 aromatic rings. The quantitative estimate of drug-likeness (QED) is 0.156. The van der Waals surface area contributed by atoms with Crippen molar-refractivity contribution in [2.45, 2.75) is 157 Å². The van der Waals surface area contributed by atoms with E-state index in [-0.39, 0.29) is 32.5 Å².